The summed E-state index contributed by atoms with van der Waals surface area (Å²) in [4.78, 5) is 25.8. The molecule has 3 rings (SSSR count). The minimum absolute atomic E-state index is 0.0316. The monoisotopic (exact) mass is 355 g/mol. The van der Waals surface area contributed by atoms with Crippen LogP contribution in [-0.4, -0.2) is 34.5 Å². The number of carboxylic acid groups (broad SMARTS) is 1. The van der Waals surface area contributed by atoms with Gasteiger partial charge in [0.05, 0.1) is 5.56 Å². The van der Waals surface area contributed by atoms with Crippen molar-refractivity contribution < 1.29 is 19.1 Å². The van der Waals surface area contributed by atoms with E-state index >= 15 is 0 Å². The van der Waals surface area contributed by atoms with E-state index in [0.29, 0.717) is 24.9 Å². The van der Waals surface area contributed by atoms with Gasteiger partial charge in [0, 0.05) is 19.0 Å². The molecule has 26 heavy (non-hydrogen) atoms. The van der Waals surface area contributed by atoms with Gasteiger partial charge in [0.15, 0.2) is 0 Å². The summed E-state index contributed by atoms with van der Waals surface area (Å²) in [6, 6.07) is 13.5. The van der Waals surface area contributed by atoms with Gasteiger partial charge in [-0.1, -0.05) is 30.3 Å². The minimum Gasteiger partial charge on any atom is -0.478 e. The van der Waals surface area contributed by atoms with E-state index in [0.717, 1.165) is 18.4 Å². The Morgan fingerprint density at radius 3 is 2.54 bits per heavy atom. The van der Waals surface area contributed by atoms with Crippen LogP contribution in [0.1, 0.15) is 40.7 Å². The zero-order chi connectivity index (χ0) is 18.5. The van der Waals surface area contributed by atoms with Crippen molar-refractivity contribution in [3.63, 3.8) is 0 Å². The number of carboxylic acids is 1. The fraction of sp³-hybridized carbons (Fsp3) is 0.333. The molecule has 4 nitrogen and oxygen atoms in total. The van der Waals surface area contributed by atoms with Crippen molar-refractivity contribution in [2.24, 2.45) is 0 Å². The summed E-state index contributed by atoms with van der Waals surface area (Å²) in [5, 5.41) is 9.25. The molecule has 1 aliphatic carbocycles. The second-order valence-electron chi connectivity index (χ2n) is 6.66. The van der Waals surface area contributed by atoms with E-state index < -0.39 is 5.97 Å². The lowest BCUT2D eigenvalue weighted by atomic mass is 10.0. The highest BCUT2D eigenvalue weighted by Crippen LogP contribution is 2.28. The van der Waals surface area contributed by atoms with E-state index in [2.05, 4.69) is 0 Å². The first-order chi connectivity index (χ1) is 12.5. The molecule has 0 spiro atoms. The molecular formula is C21H22FNO3. The molecule has 1 fully saturated rings. The van der Waals surface area contributed by atoms with Crippen LogP contribution in [0.5, 0.6) is 0 Å². The van der Waals surface area contributed by atoms with Gasteiger partial charge in [-0.05, 0) is 55.0 Å². The van der Waals surface area contributed by atoms with Gasteiger partial charge in [-0.15, -0.1) is 0 Å². The highest BCUT2D eigenvalue weighted by Gasteiger charge is 2.32. The van der Waals surface area contributed by atoms with Crippen LogP contribution < -0.4 is 0 Å². The third kappa shape index (κ3) is 4.69. The maximum Gasteiger partial charge on any atom is 0.335 e. The van der Waals surface area contributed by atoms with Gasteiger partial charge in [-0.2, -0.15) is 0 Å². The molecule has 2 aromatic rings. The zero-order valence-corrected chi connectivity index (χ0v) is 14.5. The van der Waals surface area contributed by atoms with Gasteiger partial charge in [0.1, 0.15) is 5.82 Å². The molecule has 0 heterocycles. The van der Waals surface area contributed by atoms with Gasteiger partial charge in [0.2, 0.25) is 5.91 Å². The molecule has 1 saturated carbocycles. The highest BCUT2D eigenvalue weighted by molar-refractivity contribution is 5.89. The first-order valence-corrected chi connectivity index (χ1v) is 8.89. The summed E-state index contributed by atoms with van der Waals surface area (Å²) in [6.07, 6.45) is 3.31. The number of aryl methyl sites for hydroxylation is 1. The van der Waals surface area contributed by atoms with Crippen LogP contribution in [0.2, 0.25) is 0 Å². The molecule has 5 heteroatoms. The predicted octanol–water partition coefficient (Wildman–Crippen LogP) is 3.69. The first-order valence-electron chi connectivity index (χ1n) is 8.89. The fourth-order valence-corrected chi connectivity index (χ4v) is 3.17. The molecule has 0 radical (unpaired) electrons. The quantitative estimate of drug-likeness (QED) is 0.786. The molecule has 0 aliphatic heterocycles. The van der Waals surface area contributed by atoms with Gasteiger partial charge in [-0.3, -0.25) is 4.79 Å². The van der Waals surface area contributed by atoms with Crippen molar-refractivity contribution in [3.05, 3.63) is 71.0 Å². The Bertz CT molecular complexity index is 801. The lowest BCUT2D eigenvalue weighted by Gasteiger charge is -2.23. The van der Waals surface area contributed by atoms with Crippen LogP contribution in [-0.2, 0) is 17.6 Å². The molecular weight excluding hydrogens is 333 g/mol. The fourth-order valence-electron chi connectivity index (χ4n) is 3.17. The topological polar surface area (TPSA) is 57.6 Å². The maximum absolute atomic E-state index is 13.3. The Hall–Kier alpha value is -2.69. The smallest absolute Gasteiger partial charge is 0.335 e. The van der Waals surface area contributed by atoms with Crippen molar-refractivity contribution >= 4 is 11.9 Å². The van der Waals surface area contributed by atoms with Crippen molar-refractivity contribution in [3.8, 4) is 0 Å². The molecule has 0 bridgehead atoms. The largest absolute Gasteiger partial charge is 0.478 e. The number of amides is 1. The number of halogens is 1. The molecule has 0 aromatic heterocycles. The molecule has 0 atom stereocenters. The first kappa shape index (κ1) is 18.1. The summed E-state index contributed by atoms with van der Waals surface area (Å²) >= 11 is 0. The minimum atomic E-state index is -0.974. The molecule has 2 aromatic carbocycles. The number of aromatic carboxylic acids is 1. The van der Waals surface area contributed by atoms with Crippen LogP contribution in [0.3, 0.4) is 0 Å². The number of hydrogen-bond donors (Lipinski definition) is 1. The summed E-state index contributed by atoms with van der Waals surface area (Å²) < 4.78 is 13.3. The number of carbonyl (C=O) groups excluding carboxylic acids is 1. The standard InChI is InChI=1S/C21H22FNO3/c22-17-6-3-4-15(14-17)12-13-23(18-9-10-18)20(24)11-8-16-5-1-2-7-19(16)21(25)26/h1-7,14,18H,8-13H2,(H,25,26). The van der Waals surface area contributed by atoms with Crippen molar-refractivity contribution in [1.82, 2.24) is 4.90 Å². The normalized spacial score (nSPS) is 13.4. The molecule has 136 valence electrons. The summed E-state index contributed by atoms with van der Waals surface area (Å²) in [7, 11) is 0. The molecule has 0 unspecified atom stereocenters. The van der Waals surface area contributed by atoms with E-state index in [4.69, 9.17) is 0 Å². The Labute approximate surface area is 152 Å². The summed E-state index contributed by atoms with van der Waals surface area (Å²) in [6.45, 7) is 0.563. The second-order valence-corrected chi connectivity index (χ2v) is 6.66. The van der Waals surface area contributed by atoms with Crippen LogP contribution in [0.15, 0.2) is 48.5 Å². The number of benzene rings is 2. The number of carbonyl (C=O) groups is 2. The third-order valence-electron chi connectivity index (χ3n) is 4.69. The van der Waals surface area contributed by atoms with Crippen LogP contribution in [0.25, 0.3) is 0 Å². The predicted molar refractivity (Wildman–Crippen MR) is 96.6 cm³/mol. The van der Waals surface area contributed by atoms with E-state index in [1.165, 1.54) is 12.1 Å². The van der Waals surface area contributed by atoms with Gasteiger partial charge >= 0.3 is 5.97 Å². The Morgan fingerprint density at radius 1 is 1.08 bits per heavy atom. The molecule has 1 N–H and O–H groups in total. The molecule has 0 saturated heterocycles. The van der Waals surface area contributed by atoms with Crippen LogP contribution in [0.4, 0.5) is 4.39 Å². The van der Waals surface area contributed by atoms with E-state index in [1.807, 2.05) is 11.0 Å². The maximum atomic E-state index is 13.3. The summed E-state index contributed by atoms with van der Waals surface area (Å²) in [5.41, 5.74) is 1.80. The third-order valence-corrected chi connectivity index (χ3v) is 4.69. The van der Waals surface area contributed by atoms with Gasteiger partial charge in [-0.25, -0.2) is 9.18 Å². The molecule has 1 aliphatic rings. The van der Waals surface area contributed by atoms with E-state index in [9.17, 15) is 19.1 Å². The van der Waals surface area contributed by atoms with E-state index in [1.54, 1.807) is 30.3 Å². The highest BCUT2D eigenvalue weighted by atomic mass is 19.1. The zero-order valence-electron chi connectivity index (χ0n) is 14.5. The second kappa shape index (κ2) is 8.13. The van der Waals surface area contributed by atoms with Crippen molar-refractivity contribution in [2.75, 3.05) is 6.54 Å². The average Bonchev–Trinajstić information content (AvgIpc) is 3.45. The lowest BCUT2D eigenvalue weighted by molar-refractivity contribution is -0.131. The SMILES string of the molecule is O=C(O)c1ccccc1CCC(=O)N(CCc1cccc(F)c1)C1CC1. The van der Waals surface area contributed by atoms with E-state index in [-0.39, 0.29) is 29.8 Å². The van der Waals surface area contributed by atoms with Crippen LogP contribution in [0, 0.1) is 5.82 Å². The number of hydrogen-bond acceptors (Lipinski definition) is 2. The van der Waals surface area contributed by atoms with Crippen molar-refractivity contribution in [1.29, 1.82) is 0 Å². The average molecular weight is 355 g/mol. The number of rotatable bonds is 8. The van der Waals surface area contributed by atoms with Gasteiger partial charge in [0.25, 0.3) is 0 Å². The van der Waals surface area contributed by atoms with Crippen molar-refractivity contribution in [2.45, 2.75) is 38.1 Å². The molecule has 1 amide bonds. The van der Waals surface area contributed by atoms with Crippen LogP contribution >= 0.6 is 0 Å². The number of nitrogens with zero attached hydrogens (tertiary/aromatic N) is 1. The summed E-state index contributed by atoms with van der Waals surface area (Å²) in [5.74, 6) is -1.21. The Balaban J connectivity index is 1.60. The Morgan fingerprint density at radius 2 is 1.85 bits per heavy atom. The Kier molecular flexibility index (Phi) is 5.66. The lowest BCUT2D eigenvalue weighted by Crippen LogP contribution is -2.35. The van der Waals surface area contributed by atoms with Gasteiger partial charge < -0.3 is 10.0 Å².